The SMILES string of the molecule is COc1ccc(C(=O)OCC(=O)NNC(=O)c2ccccc2F)c(OC)c1OC. The smallest absolute Gasteiger partial charge is 0.342 e. The number of hydrogen-bond donors (Lipinski definition) is 2. The predicted molar refractivity (Wildman–Crippen MR) is 98.4 cm³/mol. The molecular weight excluding hydrogens is 387 g/mol. The third-order valence-corrected chi connectivity index (χ3v) is 3.69. The second-order valence-electron chi connectivity index (χ2n) is 5.44. The van der Waals surface area contributed by atoms with Gasteiger partial charge in [0.15, 0.2) is 18.1 Å². The lowest BCUT2D eigenvalue weighted by atomic mass is 10.1. The standard InChI is InChI=1S/C19H19FN2O7/c1-26-14-9-8-12(16(27-2)17(14)28-3)19(25)29-10-15(23)21-22-18(24)11-6-4-5-7-13(11)20/h4-9H,10H2,1-3H3,(H,21,23)(H,22,24). The minimum Gasteiger partial charge on any atom is -0.493 e. The number of halogens is 1. The number of carbonyl (C=O) groups excluding carboxylic acids is 3. The molecule has 0 fully saturated rings. The molecule has 0 radical (unpaired) electrons. The van der Waals surface area contributed by atoms with E-state index < -0.39 is 30.2 Å². The lowest BCUT2D eigenvalue weighted by molar-refractivity contribution is -0.125. The Labute approximate surface area is 165 Å². The largest absolute Gasteiger partial charge is 0.493 e. The Morgan fingerprint density at radius 2 is 1.55 bits per heavy atom. The lowest BCUT2D eigenvalue weighted by Crippen LogP contribution is -2.43. The number of carbonyl (C=O) groups is 3. The van der Waals surface area contributed by atoms with E-state index >= 15 is 0 Å². The summed E-state index contributed by atoms with van der Waals surface area (Å²) in [6, 6.07) is 8.12. The molecule has 2 aromatic carbocycles. The fourth-order valence-electron chi connectivity index (χ4n) is 2.35. The first-order chi connectivity index (χ1) is 13.9. The Kier molecular flexibility index (Phi) is 7.35. The number of methoxy groups -OCH3 is 3. The monoisotopic (exact) mass is 406 g/mol. The molecule has 0 aliphatic rings. The summed E-state index contributed by atoms with van der Waals surface area (Å²) in [6.45, 7) is -0.701. The number of benzene rings is 2. The predicted octanol–water partition coefficient (Wildman–Crippen LogP) is 1.47. The Balaban J connectivity index is 1.96. The van der Waals surface area contributed by atoms with Crippen molar-refractivity contribution in [3.63, 3.8) is 0 Å². The second-order valence-corrected chi connectivity index (χ2v) is 5.44. The van der Waals surface area contributed by atoms with Crippen molar-refractivity contribution < 1.29 is 37.7 Å². The minimum absolute atomic E-state index is 0.00772. The summed E-state index contributed by atoms with van der Waals surface area (Å²) < 4.78 is 33.9. The summed E-state index contributed by atoms with van der Waals surface area (Å²) in [7, 11) is 4.13. The number of amides is 2. The first kappa shape index (κ1) is 21.5. The highest BCUT2D eigenvalue weighted by Crippen LogP contribution is 2.39. The average Bonchev–Trinajstić information content (AvgIpc) is 2.74. The van der Waals surface area contributed by atoms with Gasteiger partial charge in [-0.2, -0.15) is 0 Å². The molecule has 0 unspecified atom stereocenters. The fourth-order valence-corrected chi connectivity index (χ4v) is 2.35. The first-order valence-corrected chi connectivity index (χ1v) is 8.22. The van der Waals surface area contributed by atoms with Crippen LogP contribution in [0.3, 0.4) is 0 Å². The van der Waals surface area contributed by atoms with Gasteiger partial charge in [-0.25, -0.2) is 9.18 Å². The average molecular weight is 406 g/mol. The number of hydrogen-bond acceptors (Lipinski definition) is 7. The van der Waals surface area contributed by atoms with Gasteiger partial charge in [0, 0.05) is 0 Å². The highest BCUT2D eigenvalue weighted by atomic mass is 19.1. The lowest BCUT2D eigenvalue weighted by Gasteiger charge is -2.15. The maximum atomic E-state index is 13.5. The van der Waals surface area contributed by atoms with Gasteiger partial charge < -0.3 is 18.9 Å². The van der Waals surface area contributed by atoms with Crippen molar-refractivity contribution in [1.82, 2.24) is 10.9 Å². The van der Waals surface area contributed by atoms with Gasteiger partial charge in [0.25, 0.3) is 11.8 Å². The Hall–Kier alpha value is -3.82. The van der Waals surface area contributed by atoms with Crippen LogP contribution in [0.15, 0.2) is 36.4 Å². The summed E-state index contributed by atoms with van der Waals surface area (Å²) in [5.74, 6) is -2.69. The maximum Gasteiger partial charge on any atom is 0.342 e. The molecule has 0 bridgehead atoms. The van der Waals surface area contributed by atoms with Crippen molar-refractivity contribution in [3.05, 3.63) is 53.3 Å². The summed E-state index contributed by atoms with van der Waals surface area (Å²) in [6.07, 6.45) is 0. The van der Waals surface area contributed by atoms with Crippen molar-refractivity contribution in [2.24, 2.45) is 0 Å². The van der Waals surface area contributed by atoms with E-state index in [9.17, 15) is 18.8 Å². The molecule has 0 spiro atoms. The van der Waals surface area contributed by atoms with Crippen molar-refractivity contribution in [3.8, 4) is 17.2 Å². The van der Waals surface area contributed by atoms with Crippen LogP contribution in [0.2, 0.25) is 0 Å². The van der Waals surface area contributed by atoms with E-state index in [0.29, 0.717) is 5.75 Å². The zero-order valence-electron chi connectivity index (χ0n) is 15.9. The van der Waals surface area contributed by atoms with E-state index in [1.807, 2.05) is 10.9 Å². The van der Waals surface area contributed by atoms with E-state index in [-0.39, 0.29) is 22.6 Å². The number of ether oxygens (including phenoxy) is 4. The zero-order chi connectivity index (χ0) is 21.4. The van der Waals surface area contributed by atoms with Gasteiger partial charge >= 0.3 is 5.97 Å². The second kappa shape index (κ2) is 9.93. The highest BCUT2D eigenvalue weighted by Gasteiger charge is 2.22. The molecule has 29 heavy (non-hydrogen) atoms. The Bertz CT molecular complexity index is 917. The number of esters is 1. The Morgan fingerprint density at radius 3 is 2.17 bits per heavy atom. The molecule has 10 heteroatoms. The van der Waals surface area contributed by atoms with Crippen LogP contribution in [0.25, 0.3) is 0 Å². The van der Waals surface area contributed by atoms with Crippen LogP contribution in [0.4, 0.5) is 4.39 Å². The van der Waals surface area contributed by atoms with E-state index in [1.165, 1.54) is 51.7 Å². The van der Waals surface area contributed by atoms with Crippen molar-refractivity contribution >= 4 is 17.8 Å². The van der Waals surface area contributed by atoms with Gasteiger partial charge in [0.05, 0.1) is 26.9 Å². The molecule has 0 saturated carbocycles. The van der Waals surface area contributed by atoms with Crippen LogP contribution in [0.5, 0.6) is 17.2 Å². The molecule has 0 aliphatic heterocycles. The van der Waals surface area contributed by atoms with E-state index in [2.05, 4.69) is 0 Å². The first-order valence-electron chi connectivity index (χ1n) is 8.22. The van der Waals surface area contributed by atoms with Crippen LogP contribution in [-0.4, -0.2) is 45.7 Å². The molecule has 9 nitrogen and oxygen atoms in total. The summed E-state index contributed by atoms with van der Waals surface area (Å²) in [5, 5.41) is 0. The number of rotatable bonds is 7. The zero-order valence-corrected chi connectivity index (χ0v) is 15.9. The highest BCUT2D eigenvalue weighted by molar-refractivity contribution is 5.97. The van der Waals surface area contributed by atoms with E-state index in [1.54, 1.807) is 0 Å². The van der Waals surface area contributed by atoms with Gasteiger partial charge in [-0.05, 0) is 24.3 Å². The summed E-state index contributed by atoms with van der Waals surface area (Å²) in [4.78, 5) is 35.9. The van der Waals surface area contributed by atoms with Crippen molar-refractivity contribution in [2.75, 3.05) is 27.9 Å². The molecule has 0 atom stereocenters. The van der Waals surface area contributed by atoms with Crippen LogP contribution in [-0.2, 0) is 9.53 Å². The molecule has 2 aromatic rings. The van der Waals surface area contributed by atoms with E-state index in [0.717, 1.165) is 6.07 Å². The third-order valence-electron chi connectivity index (χ3n) is 3.69. The fraction of sp³-hybridized carbons (Fsp3) is 0.211. The van der Waals surface area contributed by atoms with Gasteiger partial charge in [0.1, 0.15) is 11.4 Å². The van der Waals surface area contributed by atoms with Crippen LogP contribution in [0, 0.1) is 5.82 Å². The Morgan fingerprint density at radius 1 is 0.862 bits per heavy atom. The van der Waals surface area contributed by atoms with Gasteiger partial charge in [-0.3, -0.25) is 20.4 Å². The van der Waals surface area contributed by atoms with Gasteiger partial charge in [-0.1, -0.05) is 12.1 Å². The molecule has 2 amide bonds. The molecule has 154 valence electrons. The summed E-state index contributed by atoms with van der Waals surface area (Å²) >= 11 is 0. The maximum absolute atomic E-state index is 13.5. The van der Waals surface area contributed by atoms with E-state index in [4.69, 9.17) is 18.9 Å². The molecule has 0 aromatic heterocycles. The molecule has 2 rings (SSSR count). The van der Waals surface area contributed by atoms with Crippen LogP contribution < -0.4 is 25.1 Å². The number of nitrogens with one attached hydrogen (secondary N) is 2. The minimum atomic E-state index is -0.863. The topological polar surface area (TPSA) is 112 Å². The number of hydrazine groups is 1. The normalized spacial score (nSPS) is 9.93. The molecule has 0 saturated heterocycles. The molecule has 0 heterocycles. The summed E-state index contributed by atoms with van der Waals surface area (Å²) in [5.41, 5.74) is 3.81. The van der Waals surface area contributed by atoms with Gasteiger partial charge in [0.2, 0.25) is 5.75 Å². The van der Waals surface area contributed by atoms with Gasteiger partial charge in [-0.15, -0.1) is 0 Å². The van der Waals surface area contributed by atoms with Crippen molar-refractivity contribution in [2.45, 2.75) is 0 Å². The van der Waals surface area contributed by atoms with Crippen LogP contribution >= 0.6 is 0 Å². The van der Waals surface area contributed by atoms with Crippen LogP contribution in [0.1, 0.15) is 20.7 Å². The molecule has 2 N–H and O–H groups in total. The molecule has 0 aliphatic carbocycles. The molecular formula is C19H19FN2O7. The quantitative estimate of drug-likeness (QED) is 0.529. The third kappa shape index (κ3) is 5.12. The van der Waals surface area contributed by atoms with Crippen molar-refractivity contribution in [1.29, 1.82) is 0 Å².